The molecule has 94 valence electrons. The van der Waals surface area contributed by atoms with Crippen LogP contribution in [0.25, 0.3) is 0 Å². The molecule has 1 N–H and O–H groups in total. The van der Waals surface area contributed by atoms with Gasteiger partial charge in [-0.2, -0.15) is 5.26 Å². The van der Waals surface area contributed by atoms with Crippen LogP contribution in [0.1, 0.15) is 20.8 Å². The Morgan fingerprint density at radius 2 is 2.00 bits per heavy atom. The van der Waals surface area contributed by atoms with Gasteiger partial charge in [-0.05, 0) is 20.1 Å². The fraction of sp³-hybridized carbons (Fsp3) is 0.545. The lowest BCUT2D eigenvalue weighted by Gasteiger charge is -2.21. The summed E-state index contributed by atoms with van der Waals surface area (Å²) >= 11 is 1.22. The van der Waals surface area contributed by atoms with Crippen molar-refractivity contribution in [3.05, 3.63) is 10.6 Å². The van der Waals surface area contributed by atoms with Gasteiger partial charge >= 0.3 is 0 Å². The molecule has 0 radical (unpaired) electrons. The summed E-state index contributed by atoms with van der Waals surface area (Å²) in [5.41, 5.74) is -0.0172. The predicted molar refractivity (Wildman–Crippen MR) is 67.9 cm³/mol. The zero-order chi connectivity index (χ0) is 13.4. The molecule has 0 aliphatic heterocycles. The second-order valence-electron chi connectivity index (χ2n) is 3.12. The molecule has 0 saturated heterocycles. The summed E-state index contributed by atoms with van der Waals surface area (Å²) in [5.74, 6) is -0.632. The Morgan fingerprint density at radius 3 is 2.29 bits per heavy atom. The molecule has 6 heteroatoms. The Hall–Kier alpha value is -1.48. The van der Waals surface area contributed by atoms with Gasteiger partial charge in [0, 0.05) is 20.0 Å². The Bertz CT molecular complexity index is 371. The van der Waals surface area contributed by atoms with Crippen LogP contribution in [0.5, 0.6) is 0 Å². The summed E-state index contributed by atoms with van der Waals surface area (Å²) in [6, 6.07) is 1.86. The first-order valence-electron chi connectivity index (χ1n) is 5.28. The lowest BCUT2D eigenvalue weighted by atomic mass is 10.3. The second kappa shape index (κ2) is 7.74. The fourth-order valence-electron chi connectivity index (χ4n) is 1.30. The molecule has 0 aromatic carbocycles. The van der Waals surface area contributed by atoms with Gasteiger partial charge in [-0.15, -0.1) is 11.8 Å². The number of nitrogens with one attached hydrogen (secondary N) is 1. The van der Waals surface area contributed by atoms with Crippen LogP contribution in [0.3, 0.4) is 0 Å². The summed E-state index contributed by atoms with van der Waals surface area (Å²) in [4.78, 5) is 24.5. The standard InChI is InChI=1S/C11H17N3O2S/c1-5-13-10(16)9(7-12)11(17-4)14(6-2)8(3)15/h5-6H2,1-4H3,(H,13,16)/b11-9-. The Morgan fingerprint density at radius 1 is 1.41 bits per heavy atom. The highest BCUT2D eigenvalue weighted by Gasteiger charge is 2.21. The van der Waals surface area contributed by atoms with E-state index in [-0.39, 0.29) is 11.5 Å². The molecule has 0 aliphatic rings. The molecule has 17 heavy (non-hydrogen) atoms. The average molecular weight is 255 g/mol. The van der Waals surface area contributed by atoms with Crippen LogP contribution < -0.4 is 5.32 Å². The first-order valence-corrected chi connectivity index (χ1v) is 6.50. The SMILES string of the molecule is CCNC(=O)/C(C#N)=C(\SC)N(CC)C(C)=O. The van der Waals surface area contributed by atoms with Crippen LogP contribution in [0.2, 0.25) is 0 Å². The molecule has 0 unspecified atom stereocenters. The minimum atomic E-state index is -0.445. The van der Waals surface area contributed by atoms with Crippen LogP contribution >= 0.6 is 11.8 Å². The van der Waals surface area contributed by atoms with Crippen molar-refractivity contribution in [3.8, 4) is 6.07 Å². The van der Waals surface area contributed by atoms with Gasteiger partial charge in [0.1, 0.15) is 16.7 Å². The molecule has 0 rings (SSSR count). The van der Waals surface area contributed by atoms with Crippen molar-refractivity contribution in [3.63, 3.8) is 0 Å². The molecule has 0 bridgehead atoms. The number of carbonyl (C=O) groups is 2. The van der Waals surface area contributed by atoms with Crippen LogP contribution in [0, 0.1) is 11.3 Å². The highest BCUT2D eigenvalue weighted by molar-refractivity contribution is 8.02. The van der Waals surface area contributed by atoms with Gasteiger partial charge in [0.2, 0.25) is 5.91 Å². The van der Waals surface area contributed by atoms with E-state index >= 15 is 0 Å². The van der Waals surface area contributed by atoms with Gasteiger partial charge in [-0.1, -0.05) is 0 Å². The zero-order valence-corrected chi connectivity index (χ0v) is 11.3. The third kappa shape index (κ3) is 4.11. The van der Waals surface area contributed by atoms with Crippen molar-refractivity contribution in [1.29, 1.82) is 5.26 Å². The average Bonchev–Trinajstić information content (AvgIpc) is 2.28. The zero-order valence-electron chi connectivity index (χ0n) is 10.5. The summed E-state index contributed by atoms with van der Waals surface area (Å²) in [5, 5.41) is 12.0. The van der Waals surface area contributed by atoms with Gasteiger partial charge in [0.25, 0.3) is 5.91 Å². The van der Waals surface area contributed by atoms with E-state index in [1.54, 1.807) is 20.1 Å². The lowest BCUT2D eigenvalue weighted by Crippen LogP contribution is -2.31. The summed E-state index contributed by atoms with van der Waals surface area (Å²) in [6.07, 6.45) is 1.73. The van der Waals surface area contributed by atoms with E-state index in [4.69, 9.17) is 5.26 Å². The largest absolute Gasteiger partial charge is 0.352 e. The van der Waals surface area contributed by atoms with Crippen molar-refractivity contribution in [2.45, 2.75) is 20.8 Å². The molecular formula is C11H17N3O2S. The molecule has 0 saturated carbocycles. The first kappa shape index (κ1) is 15.5. The maximum Gasteiger partial charge on any atom is 0.264 e. The first-order chi connectivity index (χ1) is 8.03. The van der Waals surface area contributed by atoms with Crippen molar-refractivity contribution in [2.24, 2.45) is 0 Å². The number of nitrogens with zero attached hydrogens (tertiary/aromatic N) is 2. The van der Waals surface area contributed by atoms with Crippen molar-refractivity contribution < 1.29 is 9.59 Å². The van der Waals surface area contributed by atoms with Gasteiger partial charge in [0.15, 0.2) is 0 Å². The quantitative estimate of drug-likeness (QED) is 0.589. The third-order valence-corrected chi connectivity index (χ3v) is 2.84. The molecule has 5 nitrogen and oxygen atoms in total. The van der Waals surface area contributed by atoms with E-state index in [2.05, 4.69) is 5.32 Å². The number of hydrogen-bond acceptors (Lipinski definition) is 4. The molecule has 0 spiro atoms. The van der Waals surface area contributed by atoms with Gasteiger partial charge in [0.05, 0.1) is 0 Å². The van der Waals surface area contributed by atoms with E-state index < -0.39 is 5.91 Å². The number of nitriles is 1. The Labute approximate surface area is 106 Å². The number of carbonyl (C=O) groups excluding carboxylic acids is 2. The summed E-state index contributed by atoms with van der Waals surface area (Å²) < 4.78 is 0. The monoisotopic (exact) mass is 255 g/mol. The van der Waals surface area contributed by atoms with Crippen molar-refractivity contribution in [1.82, 2.24) is 10.2 Å². The number of amides is 2. The van der Waals surface area contributed by atoms with Gasteiger partial charge in [-0.25, -0.2) is 0 Å². The topological polar surface area (TPSA) is 73.2 Å². The van der Waals surface area contributed by atoms with Crippen LogP contribution in [0.15, 0.2) is 10.6 Å². The number of hydrogen-bond donors (Lipinski definition) is 1. The molecular weight excluding hydrogens is 238 g/mol. The van der Waals surface area contributed by atoms with Crippen molar-refractivity contribution >= 4 is 23.6 Å². The highest BCUT2D eigenvalue weighted by atomic mass is 32.2. The van der Waals surface area contributed by atoms with E-state index in [0.29, 0.717) is 18.1 Å². The van der Waals surface area contributed by atoms with E-state index in [1.807, 2.05) is 6.07 Å². The minimum Gasteiger partial charge on any atom is -0.352 e. The summed E-state index contributed by atoms with van der Waals surface area (Å²) in [7, 11) is 0. The molecule has 0 fully saturated rings. The molecule has 0 aromatic rings. The normalized spacial score (nSPS) is 11.2. The van der Waals surface area contributed by atoms with Crippen LogP contribution in [-0.2, 0) is 9.59 Å². The smallest absolute Gasteiger partial charge is 0.264 e. The van der Waals surface area contributed by atoms with Gasteiger partial charge in [-0.3, -0.25) is 9.59 Å². The third-order valence-electron chi connectivity index (χ3n) is 2.02. The fourth-order valence-corrected chi connectivity index (χ4v) is 2.12. The second-order valence-corrected chi connectivity index (χ2v) is 3.91. The van der Waals surface area contributed by atoms with Crippen LogP contribution in [-0.4, -0.2) is 36.1 Å². The van der Waals surface area contributed by atoms with Crippen LogP contribution in [0.4, 0.5) is 0 Å². The molecule has 0 heterocycles. The maximum absolute atomic E-state index is 11.7. The number of rotatable bonds is 5. The summed E-state index contributed by atoms with van der Waals surface area (Å²) in [6.45, 7) is 5.85. The molecule has 0 aromatic heterocycles. The maximum atomic E-state index is 11.7. The Balaban J connectivity index is 5.46. The number of thioether (sulfide) groups is 1. The highest BCUT2D eigenvalue weighted by Crippen LogP contribution is 2.21. The van der Waals surface area contributed by atoms with Gasteiger partial charge < -0.3 is 10.2 Å². The van der Waals surface area contributed by atoms with E-state index in [0.717, 1.165) is 0 Å². The lowest BCUT2D eigenvalue weighted by molar-refractivity contribution is -0.126. The number of likely N-dealkylation sites (N-methyl/N-ethyl adjacent to an activating group) is 1. The molecule has 2 amide bonds. The predicted octanol–water partition coefficient (Wildman–Crippen LogP) is 1.09. The van der Waals surface area contributed by atoms with E-state index in [1.165, 1.54) is 23.6 Å². The Kier molecular flexibility index (Phi) is 7.06. The van der Waals surface area contributed by atoms with Crippen molar-refractivity contribution in [2.75, 3.05) is 19.3 Å². The molecule has 0 atom stereocenters. The van der Waals surface area contributed by atoms with E-state index in [9.17, 15) is 9.59 Å². The molecule has 0 aliphatic carbocycles. The minimum absolute atomic E-state index is 0.0172.